The molecule has 0 radical (unpaired) electrons. The standard InChI is InChI=1S/C17H27NO2S/c1-3-13-21(19,20)16-9-7-15(8-10-16)18-14-17(2)11-5-4-6-12-17/h7-10,18H,3-6,11-14H2,1-2H3. The van der Waals surface area contributed by atoms with Crippen LogP contribution in [-0.2, 0) is 9.84 Å². The van der Waals surface area contributed by atoms with E-state index in [1.165, 1.54) is 32.1 Å². The van der Waals surface area contributed by atoms with Crippen molar-refractivity contribution in [3.05, 3.63) is 24.3 Å². The molecule has 0 aromatic heterocycles. The number of rotatable bonds is 6. The second kappa shape index (κ2) is 6.82. The zero-order chi connectivity index (χ0) is 15.3. The summed E-state index contributed by atoms with van der Waals surface area (Å²) < 4.78 is 24.0. The van der Waals surface area contributed by atoms with Gasteiger partial charge in [0.15, 0.2) is 9.84 Å². The first-order chi connectivity index (χ1) is 9.95. The van der Waals surface area contributed by atoms with Crippen molar-refractivity contribution in [2.75, 3.05) is 17.6 Å². The molecule has 1 fully saturated rings. The molecule has 0 heterocycles. The van der Waals surface area contributed by atoms with Crippen molar-refractivity contribution in [2.45, 2.75) is 57.3 Å². The fourth-order valence-electron chi connectivity index (χ4n) is 3.06. The number of sulfone groups is 1. The van der Waals surface area contributed by atoms with Gasteiger partial charge in [0.1, 0.15) is 0 Å². The highest BCUT2D eigenvalue weighted by Gasteiger charge is 2.26. The molecule has 1 aliphatic rings. The Bertz CT molecular complexity index is 543. The Labute approximate surface area is 129 Å². The van der Waals surface area contributed by atoms with Crippen molar-refractivity contribution in [1.29, 1.82) is 0 Å². The van der Waals surface area contributed by atoms with Gasteiger partial charge in [0, 0.05) is 12.2 Å². The highest BCUT2D eigenvalue weighted by molar-refractivity contribution is 7.91. The minimum atomic E-state index is -3.10. The van der Waals surface area contributed by atoms with E-state index in [-0.39, 0.29) is 5.75 Å². The molecule has 1 aromatic rings. The lowest BCUT2D eigenvalue weighted by molar-refractivity contribution is 0.233. The molecule has 0 atom stereocenters. The smallest absolute Gasteiger partial charge is 0.178 e. The van der Waals surface area contributed by atoms with Crippen LogP contribution in [0, 0.1) is 5.41 Å². The molecule has 0 unspecified atom stereocenters. The van der Waals surface area contributed by atoms with Crippen molar-refractivity contribution in [1.82, 2.24) is 0 Å². The maximum absolute atomic E-state index is 12.0. The van der Waals surface area contributed by atoms with Crippen molar-refractivity contribution in [3.63, 3.8) is 0 Å². The van der Waals surface area contributed by atoms with E-state index in [2.05, 4.69) is 12.2 Å². The number of hydrogen-bond donors (Lipinski definition) is 1. The summed E-state index contributed by atoms with van der Waals surface area (Å²) >= 11 is 0. The predicted octanol–water partition coefficient (Wildman–Crippen LogP) is 4.25. The maximum Gasteiger partial charge on any atom is 0.178 e. The summed E-state index contributed by atoms with van der Waals surface area (Å²) in [5.74, 6) is 0.220. The Morgan fingerprint density at radius 2 is 1.71 bits per heavy atom. The zero-order valence-electron chi connectivity index (χ0n) is 13.2. The molecule has 0 bridgehead atoms. The molecular formula is C17H27NO2S. The van der Waals surface area contributed by atoms with Gasteiger partial charge in [0.05, 0.1) is 10.6 Å². The first-order valence-corrected chi connectivity index (χ1v) is 9.67. The van der Waals surface area contributed by atoms with E-state index in [1.54, 1.807) is 12.1 Å². The molecule has 0 aliphatic heterocycles. The van der Waals surface area contributed by atoms with Gasteiger partial charge in [-0.15, -0.1) is 0 Å². The molecule has 0 saturated heterocycles. The lowest BCUT2D eigenvalue weighted by Crippen LogP contribution is -2.28. The largest absolute Gasteiger partial charge is 0.384 e. The van der Waals surface area contributed by atoms with Crippen LogP contribution in [0.4, 0.5) is 5.69 Å². The van der Waals surface area contributed by atoms with Gasteiger partial charge >= 0.3 is 0 Å². The molecule has 1 saturated carbocycles. The van der Waals surface area contributed by atoms with E-state index in [4.69, 9.17) is 0 Å². The third-order valence-electron chi connectivity index (χ3n) is 4.47. The summed E-state index contributed by atoms with van der Waals surface area (Å²) in [5, 5.41) is 3.47. The van der Waals surface area contributed by atoms with E-state index >= 15 is 0 Å². The van der Waals surface area contributed by atoms with Crippen molar-refractivity contribution < 1.29 is 8.42 Å². The van der Waals surface area contributed by atoms with Gasteiger partial charge in [0.25, 0.3) is 0 Å². The number of benzene rings is 1. The van der Waals surface area contributed by atoms with E-state index < -0.39 is 9.84 Å². The summed E-state index contributed by atoms with van der Waals surface area (Å²) in [6.07, 6.45) is 7.23. The number of anilines is 1. The Kier molecular flexibility index (Phi) is 5.31. The number of hydrogen-bond acceptors (Lipinski definition) is 3. The van der Waals surface area contributed by atoms with Gasteiger partial charge in [-0.2, -0.15) is 0 Å². The fraction of sp³-hybridized carbons (Fsp3) is 0.647. The average Bonchev–Trinajstić information content (AvgIpc) is 2.46. The van der Waals surface area contributed by atoms with E-state index in [1.807, 2.05) is 19.1 Å². The van der Waals surface area contributed by atoms with Crippen LogP contribution in [0.15, 0.2) is 29.2 Å². The maximum atomic E-state index is 12.0. The van der Waals surface area contributed by atoms with Gasteiger partial charge in [0.2, 0.25) is 0 Å². The first-order valence-electron chi connectivity index (χ1n) is 8.02. The van der Waals surface area contributed by atoms with Crippen LogP contribution in [0.2, 0.25) is 0 Å². The number of nitrogens with one attached hydrogen (secondary N) is 1. The van der Waals surface area contributed by atoms with E-state index in [9.17, 15) is 8.42 Å². The Morgan fingerprint density at radius 1 is 1.10 bits per heavy atom. The summed E-state index contributed by atoms with van der Waals surface area (Å²) in [4.78, 5) is 0.429. The minimum absolute atomic E-state index is 0.220. The van der Waals surface area contributed by atoms with Gasteiger partial charge in [-0.3, -0.25) is 0 Å². The third kappa shape index (κ3) is 4.47. The molecule has 1 aliphatic carbocycles. The Balaban J connectivity index is 1.96. The molecule has 0 spiro atoms. The normalized spacial score (nSPS) is 18.4. The second-order valence-electron chi connectivity index (χ2n) is 6.57. The van der Waals surface area contributed by atoms with Crippen LogP contribution in [0.5, 0.6) is 0 Å². The highest BCUT2D eigenvalue weighted by atomic mass is 32.2. The van der Waals surface area contributed by atoms with Crippen LogP contribution < -0.4 is 5.32 Å². The molecule has 4 heteroatoms. The van der Waals surface area contributed by atoms with Crippen LogP contribution in [0.3, 0.4) is 0 Å². The van der Waals surface area contributed by atoms with Crippen molar-refractivity contribution in [2.24, 2.45) is 5.41 Å². The second-order valence-corrected chi connectivity index (χ2v) is 8.68. The van der Waals surface area contributed by atoms with Crippen LogP contribution in [0.1, 0.15) is 52.4 Å². The van der Waals surface area contributed by atoms with Gasteiger partial charge in [-0.25, -0.2) is 8.42 Å². The lowest BCUT2D eigenvalue weighted by atomic mass is 9.76. The Morgan fingerprint density at radius 3 is 2.29 bits per heavy atom. The quantitative estimate of drug-likeness (QED) is 0.854. The van der Waals surface area contributed by atoms with Crippen molar-refractivity contribution in [3.8, 4) is 0 Å². The summed E-state index contributed by atoms with van der Waals surface area (Å²) in [6.45, 7) is 5.20. The minimum Gasteiger partial charge on any atom is -0.384 e. The van der Waals surface area contributed by atoms with Crippen LogP contribution in [0.25, 0.3) is 0 Å². The van der Waals surface area contributed by atoms with E-state index in [0.717, 1.165) is 12.2 Å². The first kappa shape index (κ1) is 16.3. The SMILES string of the molecule is CCCS(=O)(=O)c1ccc(NCC2(C)CCCCC2)cc1. The van der Waals surface area contributed by atoms with Gasteiger partial charge < -0.3 is 5.32 Å². The molecule has 118 valence electrons. The Hall–Kier alpha value is -1.03. The van der Waals surface area contributed by atoms with Crippen LogP contribution >= 0.6 is 0 Å². The molecule has 1 N–H and O–H groups in total. The summed E-state index contributed by atoms with van der Waals surface area (Å²) in [6, 6.07) is 7.20. The van der Waals surface area contributed by atoms with Crippen LogP contribution in [-0.4, -0.2) is 20.7 Å². The molecule has 3 nitrogen and oxygen atoms in total. The van der Waals surface area contributed by atoms with Gasteiger partial charge in [-0.1, -0.05) is 33.1 Å². The highest BCUT2D eigenvalue weighted by Crippen LogP contribution is 2.35. The zero-order valence-corrected chi connectivity index (χ0v) is 14.0. The molecular weight excluding hydrogens is 282 g/mol. The molecule has 2 rings (SSSR count). The molecule has 21 heavy (non-hydrogen) atoms. The average molecular weight is 309 g/mol. The van der Waals surface area contributed by atoms with Gasteiger partial charge in [-0.05, 0) is 48.9 Å². The van der Waals surface area contributed by atoms with Crippen molar-refractivity contribution >= 4 is 15.5 Å². The monoisotopic (exact) mass is 309 g/mol. The molecule has 1 aromatic carbocycles. The molecule has 0 amide bonds. The fourth-order valence-corrected chi connectivity index (χ4v) is 4.39. The van der Waals surface area contributed by atoms with E-state index in [0.29, 0.717) is 16.7 Å². The predicted molar refractivity (Wildman–Crippen MR) is 88.5 cm³/mol. The lowest BCUT2D eigenvalue weighted by Gasteiger charge is -2.34. The summed E-state index contributed by atoms with van der Waals surface area (Å²) in [7, 11) is -3.10. The topological polar surface area (TPSA) is 46.2 Å². The third-order valence-corrected chi connectivity index (χ3v) is 6.40. The summed E-state index contributed by atoms with van der Waals surface area (Å²) in [5.41, 5.74) is 1.39.